The number of nitrogens with two attached hydrogens (primary N) is 1. The molecule has 1 fully saturated rings. The second-order valence-electron chi connectivity index (χ2n) is 13.8. The minimum absolute atomic E-state index is 0.141. The summed E-state index contributed by atoms with van der Waals surface area (Å²) in [6, 6.07) is -1.52. The fourth-order valence-corrected chi connectivity index (χ4v) is 6.44. The third-order valence-corrected chi connectivity index (χ3v) is 9.89. The van der Waals surface area contributed by atoms with Crippen LogP contribution in [0.1, 0.15) is 168 Å². The Kier molecular flexibility index (Phi) is 28.3. The van der Waals surface area contributed by atoms with E-state index in [0.29, 0.717) is 25.0 Å². The summed E-state index contributed by atoms with van der Waals surface area (Å²) in [5.41, 5.74) is 5.32. The number of unbranched alkanes of at least 4 members (excludes halogenated alkanes) is 17. The molecular formula is C38H70NO11P. The van der Waals surface area contributed by atoms with Crippen LogP contribution in [0.3, 0.4) is 0 Å². The van der Waals surface area contributed by atoms with E-state index in [1.807, 2.05) is 0 Å². The molecule has 1 aliphatic rings. The van der Waals surface area contributed by atoms with E-state index in [1.54, 1.807) is 0 Å². The molecule has 0 aliphatic carbocycles. The SMILES string of the molecule is CCCCC/C=C\CC1OC1CCCCCCCC(=O)O[C@H](COC(=O)CCCCCCCCCCCCC)COP(=O)(O)OC[C@H](N)C(=O)O. The minimum atomic E-state index is -4.71. The molecule has 1 saturated heterocycles. The van der Waals surface area contributed by atoms with E-state index in [1.165, 1.54) is 64.2 Å². The number of carbonyl (C=O) groups is 3. The van der Waals surface area contributed by atoms with Crippen LogP contribution in [0.15, 0.2) is 12.2 Å². The van der Waals surface area contributed by atoms with E-state index in [2.05, 4.69) is 30.5 Å². The molecule has 0 radical (unpaired) electrons. The quantitative estimate of drug-likeness (QED) is 0.0182. The highest BCUT2D eigenvalue weighted by atomic mass is 31.2. The van der Waals surface area contributed by atoms with E-state index >= 15 is 0 Å². The summed E-state index contributed by atoms with van der Waals surface area (Å²) in [6.07, 6.45) is 28.7. The van der Waals surface area contributed by atoms with Gasteiger partial charge >= 0.3 is 25.7 Å². The zero-order chi connectivity index (χ0) is 37.6. The number of hydrogen-bond acceptors (Lipinski definition) is 10. The Bertz CT molecular complexity index is 995. The highest BCUT2D eigenvalue weighted by Crippen LogP contribution is 2.43. The van der Waals surface area contributed by atoms with Crippen molar-refractivity contribution in [2.45, 2.75) is 192 Å². The summed E-state index contributed by atoms with van der Waals surface area (Å²) >= 11 is 0. The van der Waals surface area contributed by atoms with E-state index in [-0.39, 0.29) is 19.4 Å². The Morgan fingerprint density at radius 3 is 1.84 bits per heavy atom. The van der Waals surface area contributed by atoms with Crippen LogP contribution in [-0.2, 0) is 42.2 Å². The van der Waals surface area contributed by atoms with Crippen LogP contribution < -0.4 is 5.73 Å². The van der Waals surface area contributed by atoms with Gasteiger partial charge in [-0.15, -0.1) is 0 Å². The Morgan fingerprint density at radius 1 is 0.706 bits per heavy atom. The number of allylic oxidation sites excluding steroid dienone is 1. The lowest BCUT2D eigenvalue weighted by Gasteiger charge is -2.20. The Morgan fingerprint density at radius 2 is 1.24 bits per heavy atom. The van der Waals surface area contributed by atoms with Gasteiger partial charge in [-0.25, -0.2) is 4.57 Å². The second kappa shape index (κ2) is 30.6. The molecule has 1 rings (SSSR count). The monoisotopic (exact) mass is 747 g/mol. The number of carbonyl (C=O) groups excluding carboxylic acids is 2. The molecule has 0 spiro atoms. The average Bonchev–Trinajstić information content (AvgIpc) is 3.86. The molecule has 12 nitrogen and oxygen atoms in total. The van der Waals surface area contributed by atoms with Crippen molar-refractivity contribution in [2.24, 2.45) is 5.73 Å². The van der Waals surface area contributed by atoms with Crippen LogP contribution in [0, 0.1) is 0 Å². The van der Waals surface area contributed by atoms with Gasteiger partial charge in [0.05, 0.1) is 25.4 Å². The fraction of sp³-hybridized carbons (Fsp3) is 0.868. The largest absolute Gasteiger partial charge is 0.480 e. The summed E-state index contributed by atoms with van der Waals surface area (Å²) in [6.45, 7) is 2.73. The first-order chi connectivity index (χ1) is 24.6. The van der Waals surface area contributed by atoms with Crippen molar-refractivity contribution in [2.75, 3.05) is 19.8 Å². The maximum atomic E-state index is 12.6. The van der Waals surface area contributed by atoms with E-state index < -0.39 is 51.1 Å². The molecule has 0 aromatic rings. The van der Waals surface area contributed by atoms with Gasteiger partial charge in [-0.3, -0.25) is 23.4 Å². The van der Waals surface area contributed by atoms with Crippen molar-refractivity contribution in [3.63, 3.8) is 0 Å². The number of carboxylic acids is 1. The molecule has 0 aromatic heterocycles. The van der Waals surface area contributed by atoms with Gasteiger partial charge in [-0.1, -0.05) is 129 Å². The minimum Gasteiger partial charge on any atom is -0.480 e. The first-order valence-corrected chi connectivity index (χ1v) is 21.3. The number of phosphoric ester groups is 1. The highest BCUT2D eigenvalue weighted by molar-refractivity contribution is 7.47. The summed E-state index contributed by atoms with van der Waals surface area (Å²) < 4.78 is 38.4. The van der Waals surface area contributed by atoms with E-state index in [0.717, 1.165) is 64.2 Å². The van der Waals surface area contributed by atoms with Crippen LogP contribution in [-0.4, -0.2) is 72.1 Å². The third-order valence-electron chi connectivity index (χ3n) is 8.94. The van der Waals surface area contributed by atoms with Crippen molar-refractivity contribution >= 4 is 25.7 Å². The zero-order valence-electron chi connectivity index (χ0n) is 31.6. The number of epoxide rings is 1. The van der Waals surface area contributed by atoms with Crippen molar-refractivity contribution in [1.29, 1.82) is 0 Å². The van der Waals surface area contributed by atoms with E-state index in [9.17, 15) is 23.8 Å². The molecule has 3 unspecified atom stereocenters. The lowest BCUT2D eigenvalue weighted by Crippen LogP contribution is -2.34. The van der Waals surface area contributed by atoms with Gasteiger partial charge in [0.25, 0.3) is 0 Å². The van der Waals surface area contributed by atoms with Gasteiger partial charge in [0.2, 0.25) is 0 Å². The van der Waals surface area contributed by atoms with Gasteiger partial charge < -0.3 is 29.9 Å². The Labute approximate surface area is 307 Å². The predicted molar refractivity (Wildman–Crippen MR) is 198 cm³/mol. The van der Waals surface area contributed by atoms with E-state index in [4.69, 9.17) is 29.6 Å². The van der Waals surface area contributed by atoms with Crippen LogP contribution in [0.5, 0.6) is 0 Å². The summed E-state index contributed by atoms with van der Waals surface area (Å²) in [5, 5.41) is 8.86. The molecule has 5 atom stereocenters. The number of aliphatic carboxylic acids is 1. The molecule has 0 bridgehead atoms. The number of carboxylic acid groups (broad SMARTS) is 1. The second-order valence-corrected chi connectivity index (χ2v) is 15.3. The Hall–Kier alpha value is -1.82. The fourth-order valence-electron chi connectivity index (χ4n) is 5.66. The lowest BCUT2D eigenvalue weighted by molar-refractivity contribution is -0.161. The van der Waals surface area contributed by atoms with Crippen LogP contribution in [0.25, 0.3) is 0 Å². The van der Waals surface area contributed by atoms with Crippen molar-refractivity contribution in [3.8, 4) is 0 Å². The number of esters is 2. The highest BCUT2D eigenvalue weighted by Gasteiger charge is 2.36. The maximum absolute atomic E-state index is 12.6. The lowest BCUT2D eigenvalue weighted by atomic mass is 10.1. The average molecular weight is 748 g/mol. The Balaban J connectivity index is 2.32. The van der Waals surface area contributed by atoms with Crippen molar-refractivity contribution < 1.29 is 52.2 Å². The molecule has 0 saturated carbocycles. The third kappa shape index (κ3) is 28.4. The summed E-state index contributed by atoms with van der Waals surface area (Å²) in [5.74, 6) is -2.40. The number of rotatable bonds is 36. The topological polar surface area (TPSA) is 184 Å². The first kappa shape index (κ1) is 47.2. The molecule has 51 heavy (non-hydrogen) atoms. The van der Waals surface area contributed by atoms with Gasteiger partial charge in [-0.2, -0.15) is 0 Å². The van der Waals surface area contributed by atoms with Gasteiger partial charge in [0.1, 0.15) is 12.6 Å². The predicted octanol–water partition coefficient (Wildman–Crippen LogP) is 8.71. The van der Waals surface area contributed by atoms with Crippen LogP contribution in [0.4, 0.5) is 0 Å². The molecule has 0 aromatic carbocycles. The summed E-state index contributed by atoms with van der Waals surface area (Å²) in [7, 11) is -4.71. The maximum Gasteiger partial charge on any atom is 0.472 e. The molecular weight excluding hydrogens is 677 g/mol. The normalized spacial score (nSPS) is 18.0. The number of ether oxygens (including phenoxy) is 3. The van der Waals surface area contributed by atoms with Crippen LogP contribution in [0.2, 0.25) is 0 Å². The molecule has 4 N–H and O–H groups in total. The molecule has 298 valence electrons. The van der Waals surface area contributed by atoms with Gasteiger partial charge in [0.15, 0.2) is 6.10 Å². The van der Waals surface area contributed by atoms with Gasteiger partial charge in [0, 0.05) is 12.8 Å². The summed E-state index contributed by atoms with van der Waals surface area (Å²) in [4.78, 5) is 45.8. The van der Waals surface area contributed by atoms with Gasteiger partial charge in [-0.05, 0) is 38.5 Å². The van der Waals surface area contributed by atoms with Crippen molar-refractivity contribution in [1.82, 2.24) is 0 Å². The number of hydrogen-bond donors (Lipinski definition) is 3. The van der Waals surface area contributed by atoms with Crippen LogP contribution >= 0.6 is 7.82 Å². The number of phosphoric acid groups is 1. The standard InChI is InChI=1S/C38H70NO11P/c1-3-5-7-9-11-12-13-14-15-19-23-27-36(40)46-29-32(30-47-51(44,45)48-31-33(39)38(42)43)49-37(41)28-24-20-16-18-22-26-35-34(50-35)25-21-17-10-8-6-4-2/h17,21,32-35H,3-16,18-20,22-31,39H2,1-2H3,(H,42,43)(H,44,45)/b21-17-/t32-,33+,34?,35?/m1/s1. The zero-order valence-corrected chi connectivity index (χ0v) is 32.5. The first-order valence-electron chi connectivity index (χ1n) is 19.8. The molecule has 1 aliphatic heterocycles. The van der Waals surface area contributed by atoms with Crippen molar-refractivity contribution in [3.05, 3.63) is 12.2 Å². The molecule has 1 heterocycles. The molecule has 13 heteroatoms. The molecule has 0 amide bonds. The smallest absolute Gasteiger partial charge is 0.472 e.